The van der Waals surface area contributed by atoms with Gasteiger partial charge in [-0.2, -0.15) is 0 Å². The molecule has 5 rings (SSSR count). The van der Waals surface area contributed by atoms with Gasteiger partial charge in [0.1, 0.15) is 11.9 Å². The molecule has 0 radical (unpaired) electrons. The maximum absolute atomic E-state index is 13.6. The van der Waals surface area contributed by atoms with E-state index < -0.39 is 0 Å². The number of aromatic nitrogens is 1. The van der Waals surface area contributed by atoms with E-state index in [1.165, 1.54) is 12.1 Å². The van der Waals surface area contributed by atoms with Gasteiger partial charge < -0.3 is 14.8 Å². The maximum Gasteiger partial charge on any atom is 0.407 e. The van der Waals surface area contributed by atoms with Crippen LogP contribution in [0.5, 0.6) is 0 Å². The molecule has 1 aromatic heterocycles. The van der Waals surface area contributed by atoms with Gasteiger partial charge in [-0.3, -0.25) is 9.78 Å². The van der Waals surface area contributed by atoms with Gasteiger partial charge >= 0.3 is 12.1 Å². The van der Waals surface area contributed by atoms with E-state index in [0.717, 1.165) is 42.5 Å². The molecule has 190 valence electrons. The summed E-state index contributed by atoms with van der Waals surface area (Å²) in [4.78, 5) is 29.2. The Balaban J connectivity index is 1.34. The van der Waals surface area contributed by atoms with Gasteiger partial charge in [0.05, 0.1) is 18.2 Å². The van der Waals surface area contributed by atoms with Gasteiger partial charge in [0.15, 0.2) is 0 Å². The van der Waals surface area contributed by atoms with E-state index in [0.29, 0.717) is 18.4 Å². The zero-order chi connectivity index (χ0) is 25.2. The number of alkyl carbamates (subject to hydrolysis) is 1. The molecule has 1 saturated heterocycles. The molecule has 7 atom stereocenters. The summed E-state index contributed by atoms with van der Waals surface area (Å²) in [5.74, 6) is 0.629. The second-order valence-electron chi connectivity index (χ2n) is 10.3. The predicted molar refractivity (Wildman–Crippen MR) is 134 cm³/mol. The monoisotopic (exact) mass is 492 g/mol. The van der Waals surface area contributed by atoms with Crippen LogP contribution in [0.1, 0.15) is 45.2 Å². The van der Waals surface area contributed by atoms with E-state index in [9.17, 15) is 14.0 Å². The molecule has 2 saturated carbocycles. The fourth-order valence-corrected chi connectivity index (χ4v) is 6.64. The number of allylic oxidation sites excluding steroid dienone is 1. The average Bonchev–Trinajstić information content (AvgIpc) is 3.15. The molecule has 1 N–H and O–H groups in total. The van der Waals surface area contributed by atoms with Gasteiger partial charge in [0.2, 0.25) is 0 Å². The van der Waals surface area contributed by atoms with Crippen LogP contribution in [0.2, 0.25) is 0 Å². The molecule has 3 fully saturated rings. The predicted octanol–water partition coefficient (Wildman–Crippen LogP) is 5.63. The Morgan fingerprint density at radius 2 is 2.08 bits per heavy atom. The quantitative estimate of drug-likeness (QED) is 0.548. The van der Waals surface area contributed by atoms with Crippen LogP contribution < -0.4 is 5.32 Å². The van der Waals surface area contributed by atoms with E-state index in [1.807, 2.05) is 31.2 Å². The highest BCUT2D eigenvalue weighted by atomic mass is 19.1. The van der Waals surface area contributed by atoms with Crippen molar-refractivity contribution in [3.05, 3.63) is 60.2 Å². The summed E-state index contributed by atoms with van der Waals surface area (Å²) in [7, 11) is 0. The first-order valence-corrected chi connectivity index (χ1v) is 13.0. The van der Waals surface area contributed by atoms with Crippen LogP contribution in [0.25, 0.3) is 17.2 Å². The van der Waals surface area contributed by atoms with Crippen LogP contribution >= 0.6 is 0 Å². The molecule has 0 bridgehead atoms. The number of rotatable bonds is 5. The number of carbonyl (C=O) groups is 2. The fourth-order valence-electron chi connectivity index (χ4n) is 6.64. The summed E-state index contributed by atoms with van der Waals surface area (Å²) in [5.41, 5.74) is 2.48. The highest BCUT2D eigenvalue weighted by Crippen LogP contribution is 2.53. The third-order valence-corrected chi connectivity index (χ3v) is 8.18. The molecule has 36 heavy (non-hydrogen) atoms. The summed E-state index contributed by atoms with van der Waals surface area (Å²) < 4.78 is 24.3. The molecule has 2 aliphatic carbocycles. The van der Waals surface area contributed by atoms with Crippen molar-refractivity contribution in [3.63, 3.8) is 0 Å². The number of amides is 1. The normalized spacial score (nSPS) is 31.4. The van der Waals surface area contributed by atoms with Crippen molar-refractivity contribution in [2.45, 2.75) is 51.7 Å². The summed E-state index contributed by atoms with van der Waals surface area (Å²) in [6, 6.07) is 10.4. The number of ether oxygens (including phenoxy) is 2. The first-order chi connectivity index (χ1) is 17.4. The molecule has 1 aromatic carbocycles. The van der Waals surface area contributed by atoms with Crippen molar-refractivity contribution >= 4 is 18.1 Å². The molecule has 2 heterocycles. The first-order valence-electron chi connectivity index (χ1n) is 13.0. The van der Waals surface area contributed by atoms with Gasteiger partial charge in [0.25, 0.3) is 0 Å². The highest BCUT2D eigenvalue weighted by molar-refractivity contribution is 5.75. The minimum absolute atomic E-state index is 0.0679. The number of cyclic esters (lactones) is 1. The Bertz CT molecular complexity index is 1130. The number of hydrogen-bond acceptors (Lipinski definition) is 5. The second kappa shape index (κ2) is 10.4. The Hall–Kier alpha value is -3.22. The summed E-state index contributed by atoms with van der Waals surface area (Å²) in [6.07, 6.45) is 9.07. The van der Waals surface area contributed by atoms with Crippen molar-refractivity contribution in [1.82, 2.24) is 10.3 Å². The SMILES string of the molecule is CCOC(=O)N[C@@H]1CC[C@@H]2[C@@H](C1)C[C@H]1C(=O)O[C@@H](C)[C@H]1[C@H]2/C=C/c1ccc(-c2cccc(F)c2)cn1. The molecule has 0 unspecified atom stereocenters. The first kappa shape index (κ1) is 24.5. The van der Waals surface area contributed by atoms with E-state index in [2.05, 4.69) is 16.4 Å². The molecular weight excluding hydrogens is 459 g/mol. The molecule has 2 aromatic rings. The lowest BCUT2D eigenvalue weighted by atomic mass is 9.57. The van der Waals surface area contributed by atoms with E-state index in [4.69, 9.17) is 9.47 Å². The van der Waals surface area contributed by atoms with Crippen LogP contribution in [-0.4, -0.2) is 35.8 Å². The lowest BCUT2D eigenvalue weighted by molar-refractivity contribution is -0.144. The van der Waals surface area contributed by atoms with Gasteiger partial charge in [0, 0.05) is 23.7 Å². The van der Waals surface area contributed by atoms with Crippen molar-refractivity contribution in [3.8, 4) is 11.1 Å². The number of pyridine rings is 1. The Kier molecular flexibility index (Phi) is 7.08. The van der Waals surface area contributed by atoms with E-state index in [-0.39, 0.29) is 47.8 Å². The minimum atomic E-state index is -0.368. The number of carbonyl (C=O) groups excluding carboxylic acids is 2. The minimum Gasteiger partial charge on any atom is -0.462 e. The Labute approximate surface area is 211 Å². The third kappa shape index (κ3) is 5.01. The number of halogens is 1. The van der Waals surface area contributed by atoms with Gasteiger partial charge in [-0.15, -0.1) is 0 Å². The number of fused-ring (bicyclic) bond motifs is 2. The highest BCUT2D eigenvalue weighted by Gasteiger charge is 2.54. The van der Waals surface area contributed by atoms with Crippen molar-refractivity contribution in [2.75, 3.05) is 6.61 Å². The molecule has 0 spiro atoms. The Morgan fingerprint density at radius 3 is 2.83 bits per heavy atom. The van der Waals surface area contributed by atoms with Crippen LogP contribution in [-0.2, 0) is 14.3 Å². The molecular formula is C29H33FN2O4. The number of nitrogens with one attached hydrogen (secondary N) is 1. The van der Waals surface area contributed by atoms with Gasteiger partial charge in [-0.25, -0.2) is 9.18 Å². The van der Waals surface area contributed by atoms with Crippen molar-refractivity contribution < 1.29 is 23.5 Å². The standard InChI is InChI=1S/C29H33FN2O4/c1-3-35-29(34)32-23-10-11-24-20(14-23)15-26-27(17(2)36-28(26)33)25(24)12-9-22-8-7-19(16-31-22)18-5-4-6-21(30)13-18/h4-9,12-13,16-17,20,23-27H,3,10-11,14-15H2,1-2H3,(H,32,34)/b12-9+/t17-,20-,23+,24+,25-,26+,27-/m0/s1. The third-order valence-electron chi connectivity index (χ3n) is 8.18. The number of hydrogen-bond donors (Lipinski definition) is 1. The zero-order valence-electron chi connectivity index (χ0n) is 20.7. The number of esters is 1. The number of benzene rings is 1. The maximum atomic E-state index is 13.6. The van der Waals surface area contributed by atoms with Gasteiger partial charge in [-0.05, 0) is 87.1 Å². The van der Waals surface area contributed by atoms with E-state index in [1.54, 1.807) is 19.2 Å². The van der Waals surface area contributed by atoms with Gasteiger partial charge in [-0.1, -0.05) is 24.3 Å². The number of nitrogens with zero attached hydrogens (tertiary/aromatic N) is 1. The lowest BCUT2D eigenvalue weighted by Gasteiger charge is -2.47. The topological polar surface area (TPSA) is 77.5 Å². The Morgan fingerprint density at radius 1 is 1.22 bits per heavy atom. The average molecular weight is 493 g/mol. The summed E-state index contributed by atoms with van der Waals surface area (Å²) in [6.45, 7) is 4.15. The van der Waals surface area contributed by atoms with E-state index >= 15 is 0 Å². The van der Waals surface area contributed by atoms with Crippen LogP contribution in [0, 0.1) is 35.4 Å². The smallest absolute Gasteiger partial charge is 0.407 e. The van der Waals surface area contributed by atoms with Crippen LogP contribution in [0.4, 0.5) is 9.18 Å². The largest absolute Gasteiger partial charge is 0.462 e. The molecule has 1 aliphatic heterocycles. The van der Waals surface area contributed by atoms with Crippen LogP contribution in [0.3, 0.4) is 0 Å². The summed E-state index contributed by atoms with van der Waals surface area (Å²) >= 11 is 0. The summed E-state index contributed by atoms with van der Waals surface area (Å²) in [5, 5.41) is 3.00. The van der Waals surface area contributed by atoms with Crippen molar-refractivity contribution in [2.24, 2.45) is 29.6 Å². The second-order valence-corrected chi connectivity index (χ2v) is 10.3. The van der Waals surface area contributed by atoms with Crippen molar-refractivity contribution in [1.29, 1.82) is 0 Å². The van der Waals surface area contributed by atoms with Crippen LogP contribution in [0.15, 0.2) is 48.7 Å². The molecule has 1 amide bonds. The molecule has 3 aliphatic rings. The fraction of sp³-hybridized carbons (Fsp3) is 0.483. The molecule has 6 nitrogen and oxygen atoms in total. The lowest BCUT2D eigenvalue weighted by Crippen LogP contribution is -2.48. The molecule has 7 heteroatoms. The zero-order valence-corrected chi connectivity index (χ0v) is 20.7.